The lowest BCUT2D eigenvalue weighted by atomic mass is 9.89. The Labute approximate surface area is 66.0 Å². The molecule has 2 atom stereocenters. The van der Waals surface area contributed by atoms with E-state index in [1.807, 2.05) is 0 Å². The van der Waals surface area contributed by atoms with E-state index in [-0.39, 0.29) is 0 Å². The number of hydrogen-bond donors (Lipinski definition) is 0. The van der Waals surface area contributed by atoms with Crippen molar-refractivity contribution in [3.05, 3.63) is 6.42 Å². The molecule has 0 heteroatoms. The standard InChI is InChI=1S/C10H21/c1-5-7-8-10(4)9(3)6-2/h6,9-10H,5,7-8H2,1-4H3. The molecule has 0 rings (SSSR count). The van der Waals surface area contributed by atoms with Crippen LogP contribution in [0.5, 0.6) is 0 Å². The highest BCUT2D eigenvalue weighted by Crippen LogP contribution is 2.19. The Morgan fingerprint density at radius 3 is 2.30 bits per heavy atom. The van der Waals surface area contributed by atoms with Gasteiger partial charge < -0.3 is 0 Å². The Kier molecular flexibility index (Phi) is 5.76. The second-order valence-corrected chi connectivity index (χ2v) is 3.31. The molecule has 0 aromatic carbocycles. The van der Waals surface area contributed by atoms with E-state index in [1.54, 1.807) is 0 Å². The first-order valence-corrected chi connectivity index (χ1v) is 4.51. The lowest BCUT2D eigenvalue weighted by molar-refractivity contribution is 0.394. The fourth-order valence-electron chi connectivity index (χ4n) is 1.12. The van der Waals surface area contributed by atoms with Gasteiger partial charge in [-0.05, 0) is 18.3 Å². The summed E-state index contributed by atoms with van der Waals surface area (Å²) in [7, 11) is 0. The van der Waals surface area contributed by atoms with E-state index >= 15 is 0 Å². The third kappa shape index (κ3) is 3.92. The van der Waals surface area contributed by atoms with Crippen molar-refractivity contribution in [2.75, 3.05) is 0 Å². The summed E-state index contributed by atoms with van der Waals surface area (Å²) in [5, 5.41) is 0. The minimum Gasteiger partial charge on any atom is -0.0654 e. The summed E-state index contributed by atoms with van der Waals surface area (Å²) in [4.78, 5) is 0. The summed E-state index contributed by atoms with van der Waals surface area (Å²) in [5.41, 5.74) is 0. The fraction of sp³-hybridized carbons (Fsp3) is 0.900. The van der Waals surface area contributed by atoms with Crippen LogP contribution in [0.15, 0.2) is 0 Å². The first-order valence-electron chi connectivity index (χ1n) is 4.51. The molecule has 2 unspecified atom stereocenters. The van der Waals surface area contributed by atoms with E-state index in [4.69, 9.17) is 0 Å². The Morgan fingerprint density at radius 2 is 1.90 bits per heavy atom. The molecule has 0 spiro atoms. The van der Waals surface area contributed by atoms with Gasteiger partial charge in [-0.1, -0.05) is 47.0 Å². The van der Waals surface area contributed by atoms with Gasteiger partial charge in [-0.3, -0.25) is 0 Å². The van der Waals surface area contributed by atoms with Gasteiger partial charge in [-0.25, -0.2) is 0 Å². The van der Waals surface area contributed by atoms with Gasteiger partial charge in [0.1, 0.15) is 0 Å². The molecular formula is C10H21. The predicted octanol–water partition coefficient (Wildman–Crippen LogP) is 3.67. The molecule has 0 aliphatic rings. The van der Waals surface area contributed by atoms with Crippen molar-refractivity contribution in [1.82, 2.24) is 0 Å². The average molecular weight is 141 g/mol. The smallest absolute Gasteiger partial charge is 0.0386 e. The van der Waals surface area contributed by atoms with Crippen LogP contribution in [-0.4, -0.2) is 0 Å². The molecule has 0 aromatic rings. The normalized spacial score (nSPS) is 16.8. The number of hydrogen-bond acceptors (Lipinski definition) is 0. The van der Waals surface area contributed by atoms with E-state index in [0.29, 0.717) is 0 Å². The Balaban J connectivity index is 3.31. The van der Waals surface area contributed by atoms with Gasteiger partial charge in [0.25, 0.3) is 0 Å². The third-order valence-electron chi connectivity index (χ3n) is 2.44. The van der Waals surface area contributed by atoms with Gasteiger partial charge in [0.2, 0.25) is 0 Å². The molecule has 0 bridgehead atoms. The van der Waals surface area contributed by atoms with Gasteiger partial charge in [0.05, 0.1) is 0 Å². The Morgan fingerprint density at radius 1 is 1.30 bits per heavy atom. The lowest BCUT2D eigenvalue weighted by Crippen LogP contribution is -2.06. The highest BCUT2D eigenvalue weighted by Gasteiger charge is 2.08. The lowest BCUT2D eigenvalue weighted by Gasteiger charge is -2.16. The largest absolute Gasteiger partial charge is 0.0654 e. The second kappa shape index (κ2) is 5.76. The molecule has 1 radical (unpaired) electrons. The van der Waals surface area contributed by atoms with E-state index in [0.717, 1.165) is 11.8 Å². The zero-order valence-electron chi connectivity index (χ0n) is 7.85. The second-order valence-electron chi connectivity index (χ2n) is 3.31. The Hall–Kier alpha value is 0. The van der Waals surface area contributed by atoms with Crippen molar-refractivity contribution >= 4 is 0 Å². The zero-order valence-corrected chi connectivity index (χ0v) is 7.85. The van der Waals surface area contributed by atoms with Crippen LogP contribution in [0.1, 0.15) is 47.0 Å². The SMILES string of the molecule is C[CH]C(C)C(C)CCCC. The van der Waals surface area contributed by atoms with Gasteiger partial charge in [0, 0.05) is 0 Å². The maximum Gasteiger partial charge on any atom is -0.0386 e. The fourth-order valence-corrected chi connectivity index (χ4v) is 1.12. The van der Waals surface area contributed by atoms with Crippen LogP contribution < -0.4 is 0 Å². The summed E-state index contributed by atoms with van der Waals surface area (Å²) in [6.45, 7) is 9.07. The average Bonchev–Trinajstić information content (AvgIpc) is 1.98. The van der Waals surface area contributed by atoms with Gasteiger partial charge in [-0.15, -0.1) is 0 Å². The molecule has 0 saturated heterocycles. The van der Waals surface area contributed by atoms with E-state index < -0.39 is 0 Å². The van der Waals surface area contributed by atoms with Crippen LogP contribution in [0, 0.1) is 18.3 Å². The first kappa shape index (κ1) is 10.0. The molecule has 10 heavy (non-hydrogen) atoms. The van der Waals surface area contributed by atoms with Crippen molar-refractivity contribution in [2.45, 2.75) is 47.0 Å². The van der Waals surface area contributed by atoms with Gasteiger partial charge in [0.15, 0.2) is 0 Å². The molecule has 0 aliphatic heterocycles. The van der Waals surface area contributed by atoms with E-state index in [2.05, 4.69) is 34.1 Å². The third-order valence-corrected chi connectivity index (χ3v) is 2.44. The zero-order chi connectivity index (χ0) is 7.98. The molecule has 0 heterocycles. The summed E-state index contributed by atoms with van der Waals surface area (Å²) in [6, 6.07) is 0. The summed E-state index contributed by atoms with van der Waals surface area (Å²) in [6.07, 6.45) is 6.42. The van der Waals surface area contributed by atoms with Crippen LogP contribution in [0.25, 0.3) is 0 Å². The number of unbranched alkanes of at least 4 members (excludes halogenated alkanes) is 1. The first-order chi connectivity index (χ1) is 4.72. The maximum atomic E-state index is 2.35. The summed E-state index contributed by atoms with van der Waals surface area (Å²) >= 11 is 0. The molecule has 0 aliphatic carbocycles. The maximum absolute atomic E-state index is 2.35. The van der Waals surface area contributed by atoms with Crippen molar-refractivity contribution < 1.29 is 0 Å². The van der Waals surface area contributed by atoms with Crippen LogP contribution >= 0.6 is 0 Å². The van der Waals surface area contributed by atoms with Gasteiger partial charge >= 0.3 is 0 Å². The molecule has 0 fully saturated rings. The topological polar surface area (TPSA) is 0 Å². The minimum absolute atomic E-state index is 0.798. The van der Waals surface area contributed by atoms with Gasteiger partial charge in [-0.2, -0.15) is 0 Å². The molecular weight excluding hydrogens is 120 g/mol. The summed E-state index contributed by atoms with van der Waals surface area (Å²) < 4.78 is 0. The van der Waals surface area contributed by atoms with E-state index in [9.17, 15) is 0 Å². The highest BCUT2D eigenvalue weighted by atomic mass is 14.1. The van der Waals surface area contributed by atoms with E-state index in [1.165, 1.54) is 19.3 Å². The number of rotatable bonds is 5. The monoisotopic (exact) mass is 141 g/mol. The van der Waals surface area contributed by atoms with Crippen LogP contribution in [-0.2, 0) is 0 Å². The highest BCUT2D eigenvalue weighted by molar-refractivity contribution is 4.71. The quantitative estimate of drug-likeness (QED) is 0.548. The molecule has 0 nitrogen and oxygen atoms in total. The van der Waals surface area contributed by atoms with Crippen molar-refractivity contribution in [3.63, 3.8) is 0 Å². The van der Waals surface area contributed by atoms with Crippen molar-refractivity contribution in [2.24, 2.45) is 11.8 Å². The van der Waals surface area contributed by atoms with Crippen molar-refractivity contribution in [1.29, 1.82) is 0 Å². The molecule has 0 aromatic heterocycles. The van der Waals surface area contributed by atoms with Crippen LogP contribution in [0.2, 0.25) is 0 Å². The molecule has 0 saturated carbocycles. The van der Waals surface area contributed by atoms with Crippen LogP contribution in [0.4, 0.5) is 0 Å². The minimum atomic E-state index is 0.798. The Bertz CT molecular complexity index is 66.4. The molecule has 0 N–H and O–H groups in total. The molecule has 0 amide bonds. The predicted molar refractivity (Wildman–Crippen MR) is 47.8 cm³/mol. The van der Waals surface area contributed by atoms with Crippen LogP contribution in [0.3, 0.4) is 0 Å². The summed E-state index contributed by atoms with van der Waals surface area (Å²) in [5.74, 6) is 1.68. The van der Waals surface area contributed by atoms with Crippen molar-refractivity contribution in [3.8, 4) is 0 Å². The molecule has 61 valence electrons.